The van der Waals surface area contributed by atoms with Crippen molar-refractivity contribution in [3.8, 4) is 0 Å². The molecule has 1 aromatic heterocycles. The maximum atomic E-state index is 4.75. The zero-order valence-corrected chi connectivity index (χ0v) is 11.5. The molecule has 1 atom stereocenters. The molecule has 2 nitrogen and oxygen atoms in total. The zero-order valence-electron chi connectivity index (χ0n) is 10.6. The highest BCUT2D eigenvalue weighted by molar-refractivity contribution is 7.09. The van der Waals surface area contributed by atoms with Crippen molar-refractivity contribution >= 4 is 11.3 Å². The lowest BCUT2D eigenvalue weighted by atomic mass is 9.93. The third-order valence-corrected chi connectivity index (χ3v) is 4.11. The second kappa shape index (κ2) is 4.22. The van der Waals surface area contributed by atoms with Crippen molar-refractivity contribution < 1.29 is 0 Å². The summed E-state index contributed by atoms with van der Waals surface area (Å²) in [5.74, 6) is 0. The molecule has 0 radical (unpaired) electrons. The van der Waals surface area contributed by atoms with Crippen LogP contribution in [0.3, 0.4) is 0 Å². The molecule has 0 bridgehead atoms. The fraction of sp³-hybridized carbons (Fsp3) is 0.750. The van der Waals surface area contributed by atoms with Gasteiger partial charge in [0.1, 0.15) is 5.01 Å². The van der Waals surface area contributed by atoms with Crippen LogP contribution in [0.15, 0.2) is 5.38 Å². The fourth-order valence-electron chi connectivity index (χ4n) is 1.31. The van der Waals surface area contributed by atoms with E-state index in [1.807, 2.05) is 7.05 Å². The quantitative estimate of drug-likeness (QED) is 0.855. The van der Waals surface area contributed by atoms with E-state index in [-0.39, 0.29) is 11.0 Å². The molecule has 0 aliphatic heterocycles. The van der Waals surface area contributed by atoms with Gasteiger partial charge in [-0.15, -0.1) is 11.3 Å². The molecule has 15 heavy (non-hydrogen) atoms. The summed E-state index contributed by atoms with van der Waals surface area (Å²) in [7, 11) is 2.00. The van der Waals surface area contributed by atoms with Gasteiger partial charge in [0, 0.05) is 10.8 Å². The predicted molar refractivity (Wildman–Crippen MR) is 67.5 cm³/mol. The molecule has 0 spiro atoms. The van der Waals surface area contributed by atoms with Crippen molar-refractivity contribution in [2.75, 3.05) is 7.05 Å². The Hall–Kier alpha value is -0.410. The summed E-state index contributed by atoms with van der Waals surface area (Å²) < 4.78 is 0. The van der Waals surface area contributed by atoms with Gasteiger partial charge in [-0.05, 0) is 20.4 Å². The first kappa shape index (κ1) is 12.7. The van der Waals surface area contributed by atoms with E-state index in [1.54, 1.807) is 11.3 Å². The molecule has 1 heterocycles. The van der Waals surface area contributed by atoms with E-state index in [0.717, 1.165) is 6.42 Å². The summed E-state index contributed by atoms with van der Waals surface area (Å²) in [5, 5.41) is 6.73. The molecule has 1 unspecified atom stereocenters. The van der Waals surface area contributed by atoms with Crippen molar-refractivity contribution in [2.45, 2.75) is 52.0 Å². The zero-order chi connectivity index (χ0) is 11.7. The monoisotopic (exact) mass is 226 g/mol. The standard InChI is InChI=1S/C12H22N2S/c1-7-12(5,13-6)10-14-9(8-15-10)11(2,3)4/h8,13H,7H2,1-6H3. The van der Waals surface area contributed by atoms with Crippen LogP contribution in [0.5, 0.6) is 0 Å². The molecule has 1 aromatic rings. The Morgan fingerprint density at radius 3 is 2.27 bits per heavy atom. The normalized spacial score (nSPS) is 16.4. The van der Waals surface area contributed by atoms with Crippen LogP contribution < -0.4 is 5.32 Å². The van der Waals surface area contributed by atoms with Gasteiger partial charge in [-0.3, -0.25) is 0 Å². The van der Waals surface area contributed by atoms with Crippen LogP contribution in [-0.4, -0.2) is 12.0 Å². The van der Waals surface area contributed by atoms with Crippen LogP contribution in [0.2, 0.25) is 0 Å². The first-order valence-corrected chi connectivity index (χ1v) is 6.37. The third-order valence-electron chi connectivity index (χ3n) is 3.00. The fourth-order valence-corrected chi connectivity index (χ4v) is 2.59. The molecule has 0 fully saturated rings. The van der Waals surface area contributed by atoms with Crippen LogP contribution in [0, 0.1) is 0 Å². The number of hydrogen-bond acceptors (Lipinski definition) is 3. The Morgan fingerprint density at radius 1 is 1.33 bits per heavy atom. The molecule has 1 rings (SSSR count). The summed E-state index contributed by atoms with van der Waals surface area (Å²) in [5.41, 5.74) is 1.36. The van der Waals surface area contributed by atoms with Crippen LogP contribution in [0.4, 0.5) is 0 Å². The van der Waals surface area contributed by atoms with Crippen molar-refractivity contribution in [3.05, 3.63) is 16.1 Å². The number of hydrogen-bond donors (Lipinski definition) is 1. The molecular weight excluding hydrogens is 204 g/mol. The lowest BCUT2D eigenvalue weighted by Gasteiger charge is -2.25. The molecule has 3 heteroatoms. The molecule has 86 valence electrons. The predicted octanol–water partition coefficient (Wildman–Crippen LogP) is 3.29. The van der Waals surface area contributed by atoms with Crippen molar-refractivity contribution in [1.29, 1.82) is 0 Å². The van der Waals surface area contributed by atoms with Crippen LogP contribution in [0.1, 0.15) is 51.7 Å². The molecule has 0 aliphatic carbocycles. The van der Waals surface area contributed by atoms with Gasteiger partial charge in [0.15, 0.2) is 0 Å². The van der Waals surface area contributed by atoms with Crippen molar-refractivity contribution in [3.63, 3.8) is 0 Å². The number of thiazole rings is 1. The number of nitrogens with zero attached hydrogens (tertiary/aromatic N) is 1. The van der Waals surface area contributed by atoms with Gasteiger partial charge >= 0.3 is 0 Å². The molecule has 0 saturated carbocycles. The van der Waals surface area contributed by atoms with Crippen molar-refractivity contribution in [1.82, 2.24) is 10.3 Å². The summed E-state index contributed by atoms with van der Waals surface area (Å²) in [4.78, 5) is 4.75. The third kappa shape index (κ3) is 2.58. The molecule has 0 saturated heterocycles. The summed E-state index contributed by atoms with van der Waals surface area (Å²) >= 11 is 1.76. The molecule has 0 amide bonds. The minimum Gasteiger partial charge on any atom is -0.309 e. The first-order chi connectivity index (χ1) is 6.83. The van der Waals surface area contributed by atoms with E-state index < -0.39 is 0 Å². The van der Waals surface area contributed by atoms with Gasteiger partial charge in [0.25, 0.3) is 0 Å². The van der Waals surface area contributed by atoms with Gasteiger partial charge < -0.3 is 5.32 Å². The topological polar surface area (TPSA) is 24.9 Å². The van der Waals surface area contributed by atoms with Gasteiger partial charge in [-0.2, -0.15) is 0 Å². The highest BCUT2D eigenvalue weighted by Crippen LogP contribution is 2.31. The van der Waals surface area contributed by atoms with Gasteiger partial charge in [-0.25, -0.2) is 4.98 Å². The first-order valence-electron chi connectivity index (χ1n) is 5.49. The highest BCUT2D eigenvalue weighted by atomic mass is 32.1. The molecule has 1 N–H and O–H groups in total. The number of rotatable bonds is 3. The molecule has 0 aromatic carbocycles. The van der Waals surface area contributed by atoms with E-state index in [1.165, 1.54) is 10.7 Å². The van der Waals surface area contributed by atoms with E-state index >= 15 is 0 Å². The lowest BCUT2D eigenvalue weighted by Crippen LogP contribution is -2.36. The van der Waals surface area contributed by atoms with E-state index in [4.69, 9.17) is 4.98 Å². The summed E-state index contributed by atoms with van der Waals surface area (Å²) in [6.45, 7) is 11.0. The van der Waals surface area contributed by atoms with Gasteiger partial charge in [-0.1, -0.05) is 27.7 Å². The minimum absolute atomic E-state index is 0.0220. The Labute approximate surface area is 97.1 Å². The van der Waals surface area contributed by atoms with Crippen LogP contribution >= 0.6 is 11.3 Å². The lowest BCUT2D eigenvalue weighted by molar-refractivity contribution is 0.381. The van der Waals surface area contributed by atoms with E-state index in [9.17, 15) is 0 Å². The maximum Gasteiger partial charge on any atom is 0.113 e. The highest BCUT2D eigenvalue weighted by Gasteiger charge is 2.27. The van der Waals surface area contributed by atoms with E-state index in [2.05, 4.69) is 45.3 Å². The molecule has 0 aliphatic rings. The second-order valence-corrected chi connectivity index (χ2v) is 6.08. The largest absolute Gasteiger partial charge is 0.309 e. The van der Waals surface area contributed by atoms with E-state index in [0.29, 0.717) is 0 Å². The Kier molecular flexibility index (Phi) is 3.56. The van der Waals surface area contributed by atoms with Crippen molar-refractivity contribution in [2.24, 2.45) is 0 Å². The van der Waals surface area contributed by atoms with Crippen LogP contribution in [0.25, 0.3) is 0 Å². The smallest absolute Gasteiger partial charge is 0.113 e. The summed E-state index contributed by atoms with van der Waals surface area (Å²) in [6.07, 6.45) is 1.06. The Morgan fingerprint density at radius 2 is 1.93 bits per heavy atom. The average molecular weight is 226 g/mol. The Bertz CT molecular complexity index is 319. The maximum absolute atomic E-state index is 4.75. The van der Waals surface area contributed by atoms with Gasteiger partial charge in [0.2, 0.25) is 0 Å². The summed E-state index contributed by atoms with van der Waals surface area (Å²) in [6, 6.07) is 0. The SMILES string of the molecule is CCC(C)(NC)c1nc(C(C)(C)C)cs1. The van der Waals surface area contributed by atoms with Crippen LogP contribution in [-0.2, 0) is 11.0 Å². The number of nitrogens with one attached hydrogen (secondary N) is 1. The second-order valence-electron chi connectivity index (χ2n) is 5.22. The minimum atomic E-state index is 0.0220. The molecular formula is C12H22N2S. The van der Waals surface area contributed by atoms with Gasteiger partial charge in [0.05, 0.1) is 11.2 Å². The average Bonchev–Trinajstić information content (AvgIpc) is 2.65. The Balaban J connectivity index is 3.03. The number of aromatic nitrogens is 1.